The van der Waals surface area contributed by atoms with E-state index in [4.69, 9.17) is 0 Å². The van der Waals surface area contributed by atoms with Crippen LogP contribution in [0.4, 0.5) is 0 Å². The highest BCUT2D eigenvalue weighted by atomic mass is 15.2. The molecule has 5 aliphatic rings. The fourth-order valence-corrected chi connectivity index (χ4v) is 8.19. The molecule has 0 amide bonds. The lowest BCUT2D eigenvalue weighted by Gasteiger charge is -2.33. The predicted molar refractivity (Wildman–Crippen MR) is 130 cm³/mol. The van der Waals surface area contributed by atoms with E-state index in [0.29, 0.717) is 10.8 Å². The molecule has 31 heavy (non-hydrogen) atoms. The largest absolute Gasteiger partial charge is 0.314 e. The molecule has 2 spiro atoms. The van der Waals surface area contributed by atoms with Crippen LogP contribution in [0.15, 0.2) is 0 Å². The van der Waals surface area contributed by atoms with Gasteiger partial charge in [-0.2, -0.15) is 0 Å². The quantitative estimate of drug-likeness (QED) is 0.657. The van der Waals surface area contributed by atoms with E-state index in [1.807, 2.05) is 0 Å². The Morgan fingerprint density at radius 3 is 2.26 bits per heavy atom. The minimum Gasteiger partial charge on any atom is -0.314 e. The zero-order chi connectivity index (χ0) is 21.6. The van der Waals surface area contributed by atoms with Crippen molar-refractivity contribution in [2.45, 2.75) is 97.2 Å². The van der Waals surface area contributed by atoms with Crippen LogP contribution in [0, 0.1) is 22.7 Å². The Morgan fingerprint density at radius 1 is 0.774 bits per heavy atom. The summed E-state index contributed by atoms with van der Waals surface area (Å²) < 4.78 is 0. The van der Waals surface area contributed by atoms with E-state index < -0.39 is 0 Å². The van der Waals surface area contributed by atoms with Gasteiger partial charge in [0.05, 0.1) is 0 Å². The number of nitrogens with zero attached hydrogens (tertiary/aromatic N) is 3. The fraction of sp³-hybridized carbons (Fsp3) is 1.00. The average molecular weight is 431 g/mol. The van der Waals surface area contributed by atoms with Gasteiger partial charge in [0.2, 0.25) is 0 Å². The number of hydrogen-bond donors (Lipinski definition) is 1. The molecule has 1 N–H and O–H groups in total. The average Bonchev–Trinajstić information content (AvgIpc) is 3.16. The maximum absolute atomic E-state index is 3.51. The van der Waals surface area contributed by atoms with Crippen molar-refractivity contribution >= 4 is 0 Å². The van der Waals surface area contributed by atoms with Crippen LogP contribution in [0.2, 0.25) is 0 Å². The van der Waals surface area contributed by atoms with Gasteiger partial charge in [0, 0.05) is 57.4 Å². The molecule has 5 rings (SSSR count). The number of piperazine rings is 1. The van der Waals surface area contributed by atoms with Crippen LogP contribution in [0.25, 0.3) is 0 Å². The Bertz CT molecular complexity index is 616. The van der Waals surface area contributed by atoms with E-state index in [0.717, 1.165) is 30.0 Å². The third kappa shape index (κ3) is 4.74. The van der Waals surface area contributed by atoms with Crippen molar-refractivity contribution in [3.63, 3.8) is 0 Å². The third-order valence-corrected chi connectivity index (χ3v) is 10.5. The molecule has 6 atom stereocenters. The first-order valence-corrected chi connectivity index (χ1v) is 13.8. The molecule has 0 aromatic rings. The van der Waals surface area contributed by atoms with E-state index in [1.165, 1.54) is 104 Å². The van der Waals surface area contributed by atoms with Crippen LogP contribution in [0.5, 0.6) is 0 Å². The Morgan fingerprint density at radius 2 is 1.52 bits per heavy atom. The van der Waals surface area contributed by atoms with Crippen molar-refractivity contribution < 1.29 is 0 Å². The topological polar surface area (TPSA) is 21.8 Å². The second-order valence-corrected chi connectivity index (χ2v) is 12.9. The van der Waals surface area contributed by atoms with Crippen molar-refractivity contribution in [1.29, 1.82) is 0 Å². The molecule has 3 saturated heterocycles. The first-order chi connectivity index (χ1) is 14.9. The molecule has 6 unspecified atom stereocenters. The highest BCUT2D eigenvalue weighted by Gasteiger charge is 2.57. The smallest absolute Gasteiger partial charge is 0.0110 e. The van der Waals surface area contributed by atoms with Crippen LogP contribution in [-0.4, -0.2) is 85.2 Å². The molecule has 4 nitrogen and oxygen atoms in total. The lowest BCUT2D eigenvalue weighted by molar-refractivity contribution is 0.164. The van der Waals surface area contributed by atoms with Crippen molar-refractivity contribution in [1.82, 2.24) is 20.0 Å². The molecule has 3 heterocycles. The van der Waals surface area contributed by atoms with Gasteiger partial charge in [-0.25, -0.2) is 0 Å². The minimum atomic E-state index is 0.683. The Hall–Kier alpha value is -0.160. The number of rotatable bonds is 7. The second kappa shape index (κ2) is 8.89. The maximum atomic E-state index is 3.51. The number of hydrogen-bond acceptors (Lipinski definition) is 4. The summed E-state index contributed by atoms with van der Waals surface area (Å²) in [6.45, 7) is 20.2. The van der Waals surface area contributed by atoms with Crippen LogP contribution < -0.4 is 5.32 Å². The molecular weight excluding hydrogens is 380 g/mol. The summed E-state index contributed by atoms with van der Waals surface area (Å²) in [5.41, 5.74) is 1.39. The van der Waals surface area contributed by atoms with Gasteiger partial charge in [0.25, 0.3) is 0 Å². The van der Waals surface area contributed by atoms with Gasteiger partial charge < -0.3 is 15.1 Å². The molecule has 0 bridgehead atoms. The summed E-state index contributed by atoms with van der Waals surface area (Å²) in [6, 6.07) is 2.32. The van der Waals surface area contributed by atoms with E-state index in [-0.39, 0.29) is 0 Å². The third-order valence-electron chi connectivity index (χ3n) is 10.5. The van der Waals surface area contributed by atoms with Gasteiger partial charge in [0.15, 0.2) is 0 Å². The zero-order valence-electron chi connectivity index (χ0n) is 21.0. The van der Waals surface area contributed by atoms with Crippen LogP contribution in [0.1, 0.15) is 79.1 Å². The van der Waals surface area contributed by atoms with Crippen LogP contribution in [0.3, 0.4) is 0 Å². The summed E-state index contributed by atoms with van der Waals surface area (Å²) in [5.74, 6) is 1.99. The Kier molecular flexibility index (Phi) is 6.49. The molecule has 4 heteroatoms. The standard InChI is InChI=1S/C27H50N4/c1-21(2)30-11-7-26(19-30)6-5-24(17-26)15-22(3)31-12-8-27(20-31)18-25(27)16-23(4)29-13-9-28-10-14-29/h21-25,28H,5-20H2,1-4H3. The maximum Gasteiger partial charge on any atom is 0.0110 e. The van der Waals surface area contributed by atoms with Crippen molar-refractivity contribution in [2.24, 2.45) is 22.7 Å². The summed E-state index contributed by atoms with van der Waals surface area (Å²) in [6.07, 6.45) is 11.9. The molecule has 0 aromatic carbocycles. The SMILES string of the molecule is CC(C)N1CCC2(CCC(CC(C)N3CCC4(CC4CC(C)N4CCNCC4)C3)C2)C1. The lowest BCUT2D eigenvalue weighted by atomic mass is 9.83. The first-order valence-electron chi connectivity index (χ1n) is 13.8. The van der Waals surface area contributed by atoms with Crippen LogP contribution >= 0.6 is 0 Å². The second-order valence-electron chi connectivity index (χ2n) is 12.9. The van der Waals surface area contributed by atoms with E-state index in [2.05, 4.69) is 47.7 Å². The monoisotopic (exact) mass is 430 g/mol. The summed E-state index contributed by atoms with van der Waals surface area (Å²) in [7, 11) is 0. The van der Waals surface area contributed by atoms with E-state index in [9.17, 15) is 0 Å². The van der Waals surface area contributed by atoms with Gasteiger partial charge in [-0.3, -0.25) is 4.90 Å². The number of likely N-dealkylation sites (tertiary alicyclic amines) is 2. The van der Waals surface area contributed by atoms with Gasteiger partial charge in [0.1, 0.15) is 0 Å². The van der Waals surface area contributed by atoms with Gasteiger partial charge in [-0.1, -0.05) is 0 Å². The molecule has 178 valence electrons. The summed E-state index contributed by atoms with van der Waals surface area (Å²) in [5, 5.41) is 3.51. The fourth-order valence-electron chi connectivity index (χ4n) is 8.19. The van der Waals surface area contributed by atoms with Crippen molar-refractivity contribution in [3.05, 3.63) is 0 Å². The molecular formula is C27H50N4. The van der Waals surface area contributed by atoms with Gasteiger partial charge >= 0.3 is 0 Å². The summed E-state index contributed by atoms with van der Waals surface area (Å²) >= 11 is 0. The van der Waals surface area contributed by atoms with Gasteiger partial charge in [-0.05, 0) is 115 Å². The van der Waals surface area contributed by atoms with Gasteiger partial charge in [-0.15, -0.1) is 0 Å². The van der Waals surface area contributed by atoms with Crippen LogP contribution in [-0.2, 0) is 0 Å². The van der Waals surface area contributed by atoms with Crippen molar-refractivity contribution in [2.75, 3.05) is 52.4 Å². The minimum absolute atomic E-state index is 0.683. The summed E-state index contributed by atoms with van der Waals surface area (Å²) in [4.78, 5) is 8.37. The Labute approximate surface area is 192 Å². The Balaban J connectivity index is 1.07. The molecule has 2 aliphatic carbocycles. The molecule has 2 saturated carbocycles. The zero-order valence-corrected chi connectivity index (χ0v) is 21.0. The molecule has 3 aliphatic heterocycles. The first kappa shape index (κ1) is 22.6. The predicted octanol–water partition coefficient (Wildman–Crippen LogP) is 4.06. The van der Waals surface area contributed by atoms with Crippen molar-refractivity contribution in [3.8, 4) is 0 Å². The normalized spacial score (nSPS) is 41.7. The highest BCUT2D eigenvalue weighted by molar-refractivity contribution is 5.09. The molecule has 5 fully saturated rings. The molecule has 0 radical (unpaired) electrons. The van der Waals surface area contributed by atoms with E-state index in [1.54, 1.807) is 0 Å². The highest BCUT2D eigenvalue weighted by Crippen LogP contribution is 2.61. The molecule has 0 aromatic heterocycles. The van der Waals surface area contributed by atoms with E-state index >= 15 is 0 Å². The number of nitrogens with one attached hydrogen (secondary N) is 1. The lowest BCUT2D eigenvalue weighted by Crippen LogP contribution is -2.47.